The average Bonchev–Trinajstić information content (AvgIpc) is 3.27. The number of rotatable bonds is 10. The number of nitrogen functional groups attached to an aromatic ring is 1. The fraction of sp³-hybridized carbons (Fsp3) is 0.667. The first kappa shape index (κ1) is 26.3. The van der Waals surface area contributed by atoms with Gasteiger partial charge in [0.05, 0.1) is 19.5 Å². The van der Waals surface area contributed by atoms with Crippen molar-refractivity contribution in [1.29, 1.82) is 0 Å². The number of ether oxygens (including phenoxy) is 2. The van der Waals surface area contributed by atoms with E-state index in [2.05, 4.69) is 20.0 Å². The van der Waals surface area contributed by atoms with Crippen LogP contribution in [0, 0.1) is 12.0 Å². The average molecular weight is 506 g/mol. The Morgan fingerprint density at radius 2 is 2.09 bits per heavy atom. The molecule has 14 nitrogen and oxygen atoms in total. The lowest BCUT2D eigenvalue weighted by atomic mass is 10.1. The maximum atomic E-state index is 13.6. The van der Waals surface area contributed by atoms with Crippen LogP contribution >= 0.6 is 7.75 Å². The van der Waals surface area contributed by atoms with E-state index in [1.54, 1.807) is 6.92 Å². The quantitative estimate of drug-likeness (QED) is 0.162. The molecule has 16 heteroatoms. The van der Waals surface area contributed by atoms with Crippen molar-refractivity contribution in [1.82, 2.24) is 24.6 Å². The van der Waals surface area contributed by atoms with Crippen molar-refractivity contribution in [3.63, 3.8) is 0 Å². The minimum absolute atomic E-state index is 0.00508. The van der Waals surface area contributed by atoms with E-state index in [1.807, 2.05) is 13.8 Å². The number of esters is 1. The number of nitrogens with zero attached hydrogens (tertiary/aromatic N) is 4. The summed E-state index contributed by atoms with van der Waals surface area (Å²) in [5, 5.41) is 23.1. The molecule has 0 bridgehead atoms. The first-order valence-electron chi connectivity index (χ1n) is 10.5. The molecular weight excluding hydrogens is 478 g/mol. The Kier molecular flexibility index (Phi) is 8.18. The fourth-order valence-corrected chi connectivity index (χ4v) is 4.55. The second kappa shape index (κ2) is 10.6. The van der Waals surface area contributed by atoms with Crippen LogP contribution in [0.25, 0.3) is 11.2 Å². The number of nitrogens with two attached hydrogens (primary N) is 1. The van der Waals surface area contributed by atoms with Crippen LogP contribution in [0.15, 0.2) is 6.33 Å². The first-order chi connectivity index (χ1) is 15.9. The third kappa shape index (κ3) is 5.86. The summed E-state index contributed by atoms with van der Waals surface area (Å²) in [5.41, 5.74) is 5.61. The van der Waals surface area contributed by atoms with Crippen LogP contribution in [0.2, 0.25) is 0 Å². The zero-order valence-corrected chi connectivity index (χ0v) is 19.6. The van der Waals surface area contributed by atoms with Gasteiger partial charge in [-0.2, -0.15) is 14.4 Å². The van der Waals surface area contributed by atoms with Crippen molar-refractivity contribution >= 4 is 30.7 Å². The van der Waals surface area contributed by atoms with Crippen LogP contribution in [0.5, 0.6) is 0 Å². The Bertz CT molecular complexity index is 1070. The highest BCUT2D eigenvalue weighted by atomic mass is 31.2. The van der Waals surface area contributed by atoms with Crippen LogP contribution in [0.1, 0.15) is 33.4 Å². The number of imidazole rings is 1. The topological polar surface area (TPSA) is 204 Å². The number of aliphatic hydroxyl groups excluding tert-OH is 2. The molecule has 1 saturated heterocycles. The van der Waals surface area contributed by atoms with Gasteiger partial charge in [-0.05, 0) is 19.3 Å². The molecule has 190 valence electrons. The second-order valence-corrected chi connectivity index (χ2v) is 9.68. The SMILES string of the molecule is CCOC(=O)[C@H](CC(C)C)NP(=O)(O)OC[C@H]1O[C@@H](n2cnc3c(N)nc(F)nc32)[C@@H](O)[C@@H]1O. The minimum Gasteiger partial charge on any atom is -0.465 e. The van der Waals surface area contributed by atoms with E-state index in [-0.39, 0.29) is 35.9 Å². The molecule has 1 fully saturated rings. The molecule has 0 saturated carbocycles. The third-order valence-electron chi connectivity index (χ3n) is 5.04. The Morgan fingerprint density at radius 1 is 1.38 bits per heavy atom. The molecule has 6 atom stereocenters. The number of hydrogen-bond acceptors (Lipinski definition) is 11. The molecular formula is C18H28FN6O8P. The number of nitrogens with one attached hydrogen (secondary N) is 1. The van der Waals surface area contributed by atoms with Gasteiger partial charge in [0, 0.05) is 0 Å². The van der Waals surface area contributed by atoms with Crippen molar-refractivity contribution < 1.29 is 42.9 Å². The van der Waals surface area contributed by atoms with Gasteiger partial charge in [0.15, 0.2) is 23.2 Å². The number of halogens is 1. The fourth-order valence-electron chi connectivity index (χ4n) is 3.52. The highest BCUT2D eigenvalue weighted by molar-refractivity contribution is 7.50. The number of carbonyl (C=O) groups excluding carboxylic acids is 1. The van der Waals surface area contributed by atoms with Crippen LogP contribution in [0.3, 0.4) is 0 Å². The summed E-state index contributed by atoms with van der Waals surface area (Å²) in [5.74, 6) is -0.924. The molecule has 1 unspecified atom stereocenters. The smallest absolute Gasteiger partial charge is 0.403 e. The van der Waals surface area contributed by atoms with E-state index in [0.717, 1.165) is 4.57 Å². The van der Waals surface area contributed by atoms with Crippen LogP contribution in [0.4, 0.5) is 10.2 Å². The molecule has 2 aromatic heterocycles. The molecule has 1 aliphatic rings. The summed E-state index contributed by atoms with van der Waals surface area (Å²) in [6, 6.07) is -1.10. The van der Waals surface area contributed by atoms with Gasteiger partial charge in [-0.1, -0.05) is 13.8 Å². The van der Waals surface area contributed by atoms with Crippen molar-refractivity contribution in [2.24, 2.45) is 5.92 Å². The molecule has 0 radical (unpaired) electrons. The molecule has 3 heterocycles. The molecule has 0 aliphatic carbocycles. The number of anilines is 1. The monoisotopic (exact) mass is 506 g/mol. The summed E-state index contributed by atoms with van der Waals surface area (Å²) in [7, 11) is -4.54. The standard InChI is InChI=1S/C18H28FN6O8P/c1-4-31-17(28)9(5-8(2)3)24-34(29,30)32-6-10-12(26)13(27)16(33-10)25-7-21-11-14(20)22-18(19)23-15(11)25/h7-10,12-13,16,26-27H,4-6H2,1-3H3,(H2,20,22,23)(H2,24,29,30)/t9-,10+,12+,13-,16+/m0/s1. The summed E-state index contributed by atoms with van der Waals surface area (Å²) in [4.78, 5) is 33.3. The highest BCUT2D eigenvalue weighted by Crippen LogP contribution is 2.40. The Labute approximate surface area is 193 Å². The summed E-state index contributed by atoms with van der Waals surface area (Å²) < 4.78 is 42.9. The van der Waals surface area contributed by atoms with Gasteiger partial charge in [-0.25, -0.2) is 14.6 Å². The predicted molar refractivity (Wildman–Crippen MR) is 114 cm³/mol. The molecule has 1 aliphatic heterocycles. The van der Waals surface area contributed by atoms with E-state index in [9.17, 15) is 28.9 Å². The number of aromatic nitrogens is 4. The van der Waals surface area contributed by atoms with Crippen molar-refractivity contribution in [3.8, 4) is 0 Å². The van der Waals surface area contributed by atoms with E-state index >= 15 is 0 Å². The van der Waals surface area contributed by atoms with Crippen molar-refractivity contribution in [3.05, 3.63) is 12.4 Å². The number of fused-ring (bicyclic) bond motifs is 1. The lowest BCUT2D eigenvalue weighted by Gasteiger charge is -2.23. The largest absolute Gasteiger partial charge is 0.465 e. The zero-order chi connectivity index (χ0) is 25.2. The summed E-state index contributed by atoms with van der Waals surface area (Å²) in [6.45, 7) is 4.73. The van der Waals surface area contributed by atoms with Gasteiger partial charge >= 0.3 is 19.8 Å². The normalized spacial score (nSPS) is 25.5. The second-order valence-electron chi connectivity index (χ2n) is 8.13. The van der Waals surface area contributed by atoms with Crippen molar-refractivity contribution in [2.45, 2.75) is 57.8 Å². The minimum atomic E-state index is -4.54. The molecule has 0 amide bonds. The van der Waals surface area contributed by atoms with Crippen molar-refractivity contribution in [2.75, 3.05) is 18.9 Å². The van der Waals surface area contributed by atoms with Gasteiger partial charge < -0.3 is 30.3 Å². The van der Waals surface area contributed by atoms with E-state index in [1.165, 1.54) is 6.33 Å². The molecule has 6 N–H and O–H groups in total. The zero-order valence-electron chi connectivity index (χ0n) is 18.7. The van der Waals surface area contributed by atoms with Crippen LogP contribution in [-0.2, 0) is 23.4 Å². The maximum absolute atomic E-state index is 13.6. The number of hydrogen-bond donors (Lipinski definition) is 5. The van der Waals surface area contributed by atoms with E-state index in [0.29, 0.717) is 0 Å². The van der Waals surface area contributed by atoms with Gasteiger partial charge in [-0.15, -0.1) is 0 Å². The summed E-state index contributed by atoms with van der Waals surface area (Å²) in [6.07, 6.45) is -5.34. The molecule has 3 rings (SSSR count). The van der Waals surface area contributed by atoms with E-state index < -0.39 is 57.0 Å². The van der Waals surface area contributed by atoms with Crippen LogP contribution in [-0.4, -0.2) is 78.2 Å². The molecule has 0 aromatic carbocycles. The van der Waals surface area contributed by atoms with Gasteiger partial charge in [-0.3, -0.25) is 13.9 Å². The highest BCUT2D eigenvalue weighted by Gasteiger charge is 2.45. The van der Waals surface area contributed by atoms with Gasteiger partial charge in [0.1, 0.15) is 24.4 Å². The molecule has 2 aromatic rings. The third-order valence-corrected chi connectivity index (χ3v) is 6.18. The molecule has 34 heavy (non-hydrogen) atoms. The van der Waals surface area contributed by atoms with Gasteiger partial charge in [0.25, 0.3) is 0 Å². The number of aliphatic hydroxyl groups is 2. The van der Waals surface area contributed by atoms with Crippen LogP contribution < -0.4 is 10.8 Å². The Morgan fingerprint density at radius 3 is 2.74 bits per heavy atom. The van der Waals surface area contributed by atoms with Gasteiger partial charge in [0.2, 0.25) is 0 Å². The number of carbonyl (C=O) groups is 1. The summed E-state index contributed by atoms with van der Waals surface area (Å²) >= 11 is 0. The lowest BCUT2D eigenvalue weighted by molar-refractivity contribution is -0.145. The first-order valence-corrected chi connectivity index (χ1v) is 12.1. The maximum Gasteiger partial charge on any atom is 0.403 e. The molecule has 0 spiro atoms. The predicted octanol–water partition coefficient (Wildman–Crippen LogP) is -0.149. The lowest BCUT2D eigenvalue weighted by Crippen LogP contribution is -2.39. The Hall–Kier alpha value is -2.26. The Balaban J connectivity index is 1.69. The van der Waals surface area contributed by atoms with E-state index in [4.69, 9.17) is 19.7 Å².